The molecule has 4 rings (SSSR count). The van der Waals surface area contributed by atoms with Crippen molar-refractivity contribution >= 4 is 0 Å². The normalized spacial score (nSPS) is 55.3. The highest BCUT2D eigenvalue weighted by atomic mass is 16.5. The molecule has 0 aliphatic heterocycles. The summed E-state index contributed by atoms with van der Waals surface area (Å²) in [5, 5.41) is 20.6. The van der Waals surface area contributed by atoms with Crippen molar-refractivity contribution in [3.8, 4) is 0 Å². The van der Waals surface area contributed by atoms with Gasteiger partial charge in [-0.1, -0.05) is 6.92 Å². The minimum absolute atomic E-state index is 0.290. The molecule has 0 amide bonds. The van der Waals surface area contributed by atoms with Crippen molar-refractivity contribution in [3.63, 3.8) is 0 Å². The third-order valence-electron chi connectivity index (χ3n) is 9.48. The van der Waals surface area contributed by atoms with E-state index in [1.165, 1.54) is 38.5 Å². The molecule has 0 aromatic rings. The highest BCUT2D eigenvalue weighted by molar-refractivity contribution is 5.11. The summed E-state index contributed by atoms with van der Waals surface area (Å²) in [6.07, 6.45) is 10.7. The Kier molecular flexibility index (Phi) is 4.53. The molecule has 3 unspecified atom stereocenters. The predicted octanol–water partition coefficient (Wildman–Crippen LogP) is 4.02. The molecule has 0 radical (unpaired) electrons. The van der Waals surface area contributed by atoms with Gasteiger partial charge in [-0.25, -0.2) is 0 Å². The average molecular weight is 351 g/mol. The molecule has 0 aromatic carbocycles. The molecule has 3 nitrogen and oxygen atoms in total. The van der Waals surface area contributed by atoms with Crippen molar-refractivity contribution in [2.24, 2.45) is 40.4 Å². The van der Waals surface area contributed by atoms with E-state index < -0.39 is 5.60 Å². The second-order valence-electron chi connectivity index (χ2n) is 10.5. The molecule has 4 aliphatic rings. The van der Waals surface area contributed by atoms with Crippen LogP contribution in [0.15, 0.2) is 0 Å². The summed E-state index contributed by atoms with van der Waals surface area (Å²) in [6, 6.07) is 0. The number of methoxy groups -OCH3 is 1. The van der Waals surface area contributed by atoms with E-state index in [0.29, 0.717) is 29.3 Å². The highest BCUT2D eigenvalue weighted by Crippen LogP contribution is 2.68. The Morgan fingerprint density at radius 3 is 2.48 bits per heavy atom. The van der Waals surface area contributed by atoms with E-state index in [-0.39, 0.29) is 0 Å². The van der Waals surface area contributed by atoms with Gasteiger partial charge in [-0.15, -0.1) is 0 Å². The molecule has 4 aliphatic carbocycles. The van der Waals surface area contributed by atoms with Gasteiger partial charge in [-0.2, -0.15) is 0 Å². The molecular formula is C22H38O3. The van der Waals surface area contributed by atoms with Gasteiger partial charge < -0.3 is 14.9 Å². The number of aliphatic hydroxyl groups excluding tert-OH is 1. The monoisotopic (exact) mass is 350 g/mol. The van der Waals surface area contributed by atoms with Crippen molar-refractivity contribution in [2.45, 2.75) is 77.2 Å². The first-order valence-electron chi connectivity index (χ1n) is 10.7. The number of hydrogen-bond acceptors (Lipinski definition) is 3. The second kappa shape index (κ2) is 6.21. The van der Waals surface area contributed by atoms with Crippen molar-refractivity contribution in [3.05, 3.63) is 0 Å². The molecule has 8 atom stereocenters. The average Bonchev–Trinajstić information content (AvgIpc) is 2.91. The maximum Gasteiger partial charge on any atom is 0.0622 e. The van der Waals surface area contributed by atoms with Crippen molar-refractivity contribution in [2.75, 3.05) is 20.3 Å². The van der Waals surface area contributed by atoms with Gasteiger partial charge in [0.05, 0.1) is 12.2 Å². The first-order chi connectivity index (χ1) is 11.9. The molecule has 0 heterocycles. The predicted molar refractivity (Wildman–Crippen MR) is 99.1 cm³/mol. The minimum Gasteiger partial charge on any atom is -0.396 e. The minimum atomic E-state index is -0.479. The summed E-state index contributed by atoms with van der Waals surface area (Å²) in [4.78, 5) is 0. The van der Waals surface area contributed by atoms with Crippen LogP contribution >= 0.6 is 0 Å². The van der Waals surface area contributed by atoms with Crippen LogP contribution in [0.2, 0.25) is 0 Å². The zero-order chi connectivity index (χ0) is 17.9. The summed E-state index contributed by atoms with van der Waals surface area (Å²) >= 11 is 0. The quantitative estimate of drug-likeness (QED) is 0.808. The molecule has 3 heteroatoms. The number of ether oxygens (including phenoxy) is 1. The van der Waals surface area contributed by atoms with Crippen molar-refractivity contribution in [1.29, 1.82) is 0 Å². The smallest absolute Gasteiger partial charge is 0.0622 e. The maximum atomic E-state index is 10.7. The van der Waals surface area contributed by atoms with Crippen LogP contribution in [0.5, 0.6) is 0 Å². The van der Waals surface area contributed by atoms with Gasteiger partial charge in [-0.3, -0.25) is 0 Å². The lowest BCUT2D eigenvalue weighted by Gasteiger charge is -2.62. The SMILES string of the molecule is COC[C@]12CC[C@@](C)(O)C[C@H]1CCC1C2CCC2(C)[C@@H](CO)CC[C@@H]12. The molecule has 0 saturated heterocycles. The molecule has 4 fully saturated rings. The first-order valence-corrected chi connectivity index (χ1v) is 10.7. The zero-order valence-electron chi connectivity index (χ0n) is 16.5. The van der Waals surface area contributed by atoms with E-state index >= 15 is 0 Å². The molecule has 0 aromatic heterocycles. The van der Waals surface area contributed by atoms with Gasteiger partial charge in [-0.05, 0) is 105 Å². The molecule has 0 spiro atoms. The van der Waals surface area contributed by atoms with Gasteiger partial charge in [0.1, 0.15) is 0 Å². The fourth-order valence-corrected chi connectivity index (χ4v) is 8.19. The fraction of sp³-hybridized carbons (Fsp3) is 1.00. The summed E-state index contributed by atoms with van der Waals surface area (Å²) < 4.78 is 5.82. The topological polar surface area (TPSA) is 49.7 Å². The lowest BCUT2D eigenvalue weighted by atomic mass is 9.43. The summed E-state index contributed by atoms with van der Waals surface area (Å²) in [5.41, 5.74) is 0.170. The van der Waals surface area contributed by atoms with Crippen LogP contribution in [0.25, 0.3) is 0 Å². The first kappa shape index (κ1) is 18.3. The van der Waals surface area contributed by atoms with E-state index in [9.17, 15) is 10.2 Å². The molecule has 4 saturated carbocycles. The second-order valence-corrected chi connectivity index (χ2v) is 10.5. The molecule has 25 heavy (non-hydrogen) atoms. The van der Waals surface area contributed by atoms with Crippen LogP contribution in [0.3, 0.4) is 0 Å². The number of fused-ring (bicyclic) bond motifs is 5. The number of rotatable bonds is 3. The van der Waals surface area contributed by atoms with Gasteiger partial charge in [0.2, 0.25) is 0 Å². The van der Waals surface area contributed by atoms with Crippen LogP contribution in [0, 0.1) is 40.4 Å². The van der Waals surface area contributed by atoms with E-state index in [1.54, 1.807) is 0 Å². The van der Waals surface area contributed by atoms with Crippen LogP contribution < -0.4 is 0 Å². The van der Waals surface area contributed by atoms with Crippen LogP contribution in [-0.4, -0.2) is 36.1 Å². The Bertz CT molecular complexity index is 504. The Morgan fingerprint density at radius 1 is 0.960 bits per heavy atom. The largest absolute Gasteiger partial charge is 0.396 e. The maximum absolute atomic E-state index is 10.7. The molecule has 144 valence electrons. The van der Waals surface area contributed by atoms with Crippen LogP contribution in [0.4, 0.5) is 0 Å². The molecular weight excluding hydrogens is 312 g/mol. The Hall–Kier alpha value is -0.120. The highest BCUT2D eigenvalue weighted by Gasteiger charge is 2.62. The summed E-state index contributed by atoms with van der Waals surface area (Å²) in [7, 11) is 1.87. The summed E-state index contributed by atoms with van der Waals surface area (Å²) in [6.45, 7) is 5.76. The Balaban J connectivity index is 1.64. The Morgan fingerprint density at radius 2 is 1.76 bits per heavy atom. The van der Waals surface area contributed by atoms with Crippen molar-refractivity contribution < 1.29 is 14.9 Å². The van der Waals surface area contributed by atoms with Gasteiger partial charge >= 0.3 is 0 Å². The fourth-order valence-electron chi connectivity index (χ4n) is 8.19. The van der Waals surface area contributed by atoms with E-state index in [2.05, 4.69) is 6.92 Å². The van der Waals surface area contributed by atoms with Crippen molar-refractivity contribution in [1.82, 2.24) is 0 Å². The third kappa shape index (κ3) is 2.63. The lowest BCUT2D eigenvalue weighted by Crippen LogP contribution is -2.58. The number of hydrogen-bond donors (Lipinski definition) is 2. The number of aliphatic hydroxyl groups is 2. The van der Waals surface area contributed by atoms with Crippen LogP contribution in [0.1, 0.15) is 71.6 Å². The zero-order valence-corrected chi connectivity index (χ0v) is 16.5. The molecule has 0 bridgehead atoms. The Labute approximate surface area is 153 Å². The third-order valence-corrected chi connectivity index (χ3v) is 9.48. The van der Waals surface area contributed by atoms with E-state index in [1.807, 2.05) is 14.0 Å². The lowest BCUT2D eigenvalue weighted by molar-refractivity contribution is -0.175. The van der Waals surface area contributed by atoms with Crippen LogP contribution in [-0.2, 0) is 4.74 Å². The van der Waals surface area contributed by atoms with Gasteiger partial charge in [0.15, 0.2) is 0 Å². The van der Waals surface area contributed by atoms with E-state index in [4.69, 9.17) is 4.74 Å². The van der Waals surface area contributed by atoms with Gasteiger partial charge in [0.25, 0.3) is 0 Å². The molecule has 2 N–H and O–H groups in total. The standard InChI is InChI=1S/C22H38O3/c1-20(24)10-11-22(14-25-3)15(12-20)4-6-17-18-7-5-16(13-23)21(18,2)9-8-19(17)22/h15-19,23-24H,4-14H2,1-3H3/t15-,16-,17?,18+,19?,20-,21?,22-/m1/s1. The van der Waals surface area contributed by atoms with Gasteiger partial charge in [0, 0.05) is 13.7 Å². The summed E-state index contributed by atoms with van der Waals surface area (Å²) in [5.74, 6) is 3.50. The van der Waals surface area contributed by atoms with E-state index in [0.717, 1.165) is 43.6 Å².